The van der Waals surface area contributed by atoms with Gasteiger partial charge in [0.1, 0.15) is 11.6 Å². The summed E-state index contributed by atoms with van der Waals surface area (Å²) in [4.78, 5) is 7.68. The van der Waals surface area contributed by atoms with Crippen LogP contribution in [0.3, 0.4) is 0 Å². The Morgan fingerprint density at radius 1 is 1.00 bits per heavy atom. The molecule has 4 aromatic rings. The third-order valence-corrected chi connectivity index (χ3v) is 3.32. The lowest BCUT2D eigenvalue weighted by atomic mass is 10.2. The largest absolute Gasteiger partial charge is 0.420 e. The second kappa shape index (κ2) is 5.07. The summed E-state index contributed by atoms with van der Waals surface area (Å²) < 4.78 is 18.5. The topological polar surface area (TPSA) is 67.6 Å². The number of hydrogen-bond acceptors (Lipinski definition) is 4. The number of para-hydroxylation sites is 2. The highest BCUT2D eigenvalue weighted by Gasteiger charge is 2.11. The van der Waals surface area contributed by atoms with Crippen LogP contribution in [0.2, 0.25) is 0 Å². The zero-order valence-electron chi connectivity index (χ0n) is 11.5. The van der Waals surface area contributed by atoms with Crippen molar-refractivity contribution in [1.29, 1.82) is 0 Å². The number of H-pyrrole nitrogens is 1. The number of imidazole rings is 1. The van der Waals surface area contributed by atoms with Crippen molar-refractivity contribution < 1.29 is 8.81 Å². The zero-order valence-corrected chi connectivity index (χ0v) is 11.5. The highest BCUT2D eigenvalue weighted by Crippen LogP contribution is 2.19. The van der Waals surface area contributed by atoms with Crippen LogP contribution in [-0.4, -0.2) is 20.2 Å². The van der Waals surface area contributed by atoms with Crippen LogP contribution < -0.4 is 0 Å². The van der Waals surface area contributed by atoms with E-state index in [4.69, 9.17) is 4.42 Å². The van der Waals surface area contributed by atoms with Crippen molar-refractivity contribution in [1.82, 2.24) is 20.2 Å². The lowest BCUT2D eigenvalue weighted by Crippen LogP contribution is -1.90. The molecule has 4 rings (SSSR count). The molecule has 22 heavy (non-hydrogen) atoms. The van der Waals surface area contributed by atoms with E-state index in [2.05, 4.69) is 20.2 Å². The molecule has 0 spiro atoms. The minimum absolute atomic E-state index is 0.300. The van der Waals surface area contributed by atoms with Crippen molar-refractivity contribution >= 4 is 11.0 Å². The summed E-state index contributed by atoms with van der Waals surface area (Å²) in [5.74, 6) is 1.28. The van der Waals surface area contributed by atoms with Gasteiger partial charge in [-0.15, -0.1) is 10.2 Å². The van der Waals surface area contributed by atoms with Crippen molar-refractivity contribution in [3.8, 4) is 11.5 Å². The number of benzene rings is 2. The quantitative estimate of drug-likeness (QED) is 0.629. The number of fused-ring (bicyclic) bond motifs is 1. The summed E-state index contributed by atoms with van der Waals surface area (Å²) >= 11 is 0. The van der Waals surface area contributed by atoms with Crippen molar-refractivity contribution in [3.05, 3.63) is 66.1 Å². The van der Waals surface area contributed by atoms with Gasteiger partial charge in [-0.25, -0.2) is 9.37 Å². The average Bonchev–Trinajstić information content (AvgIpc) is 3.14. The maximum absolute atomic E-state index is 12.9. The Bertz CT molecular complexity index is 894. The summed E-state index contributed by atoms with van der Waals surface area (Å²) in [7, 11) is 0. The Morgan fingerprint density at radius 2 is 1.82 bits per heavy atom. The van der Waals surface area contributed by atoms with E-state index >= 15 is 0 Å². The predicted molar refractivity (Wildman–Crippen MR) is 78.6 cm³/mol. The molecule has 0 unspecified atom stereocenters. The normalized spacial score (nSPS) is 11.1. The molecule has 0 aliphatic heterocycles. The highest BCUT2D eigenvalue weighted by atomic mass is 19.1. The molecule has 0 fully saturated rings. The standard InChI is InChI=1S/C16H11FN4O/c17-11-7-5-10(6-8-11)16-21-20-15(22-16)9-14-18-12-3-1-2-4-13(12)19-14/h1-8H,9H2,(H,18,19). The number of aromatic amines is 1. The monoisotopic (exact) mass is 294 g/mol. The van der Waals surface area contributed by atoms with Crippen LogP contribution >= 0.6 is 0 Å². The highest BCUT2D eigenvalue weighted by molar-refractivity contribution is 5.74. The molecule has 0 bridgehead atoms. The van der Waals surface area contributed by atoms with Gasteiger partial charge >= 0.3 is 0 Å². The van der Waals surface area contributed by atoms with Gasteiger partial charge in [-0.1, -0.05) is 12.1 Å². The van der Waals surface area contributed by atoms with Crippen molar-refractivity contribution in [3.63, 3.8) is 0 Å². The molecule has 6 heteroatoms. The molecule has 0 saturated heterocycles. The van der Waals surface area contributed by atoms with Gasteiger partial charge in [-0.2, -0.15) is 0 Å². The van der Waals surface area contributed by atoms with E-state index < -0.39 is 0 Å². The van der Waals surface area contributed by atoms with Crippen LogP contribution in [0.4, 0.5) is 4.39 Å². The Kier molecular flexibility index (Phi) is 2.93. The molecular formula is C16H11FN4O. The molecule has 0 aliphatic carbocycles. The molecule has 2 aromatic carbocycles. The first-order valence-corrected chi connectivity index (χ1v) is 6.80. The SMILES string of the molecule is Fc1ccc(-c2nnc(Cc3nc4ccccc4[nH]3)o2)cc1. The van der Waals surface area contributed by atoms with Gasteiger partial charge in [0.15, 0.2) is 0 Å². The fraction of sp³-hybridized carbons (Fsp3) is 0.0625. The predicted octanol–water partition coefficient (Wildman–Crippen LogP) is 3.34. The number of nitrogens with zero attached hydrogens (tertiary/aromatic N) is 3. The van der Waals surface area contributed by atoms with Gasteiger partial charge in [0.25, 0.3) is 0 Å². The minimum Gasteiger partial charge on any atom is -0.420 e. The van der Waals surface area contributed by atoms with Crippen LogP contribution in [0.1, 0.15) is 11.7 Å². The van der Waals surface area contributed by atoms with Gasteiger partial charge in [0.05, 0.1) is 17.5 Å². The van der Waals surface area contributed by atoms with E-state index in [1.165, 1.54) is 12.1 Å². The molecule has 2 heterocycles. The van der Waals surface area contributed by atoms with Gasteiger partial charge in [0.2, 0.25) is 11.8 Å². The number of aromatic nitrogens is 4. The minimum atomic E-state index is -0.300. The van der Waals surface area contributed by atoms with Gasteiger partial charge < -0.3 is 9.40 Å². The van der Waals surface area contributed by atoms with E-state index in [-0.39, 0.29) is 5.82 Å². The van der Waals surface area contributed by atoms with Crippen LogP contribution in [-0.2, 0) is 6.42 Å². The molecular weight excluding hydrogens is 283 g/mol. The smallest absolute Gasteiger partial charge is 0.247 e. The molecule has 0 atom stereocenters. The van der Waals surface area contributed by atoms with Gasteiger partial charge in [0, 0.05) is 5.56 Å². The molecule has 0 saturated carbocycles. The van der Waals surface area contributed by atoms with Crippen LogP contribution in [0.25, 0.3) is 22.5 Å². The first-order chi connectivity index (χ1) is 10.8. The third kappa shape index (κ3) is 2.35. The molecule has 108 valence electrons. The number of rotatable bonds is 3. The van der Waals surface area contributed by atoms with Gasteiger partial charge in [-0.05, 0) is 36.4 Å². The Labute approximate surface area is 124 Å². The van der Waals surface area contributed by atoms with E-state index in [1.807, 2.05) is 24.3 Å². The Morgan fingerprint density at radius 3 is 2.64 bits per heavy atom. The van der Waals surface area contributed by atoms with Crippen molar-refractivity contribution in [2.75, 3.05) is 0 Å². The number of nitrogens with one attached hydrogen (secondary N) is 1. The third-order valence-electron chi connectivity index (χ3n) is 3.32. The molecule has 2 aromatic heterocycles. The first kappa shape index (κ1) is 12.7. The summed E-state index contributed by atoms with van der Waals surface area (Å²) in [5, 5.41) is 8.00. The molecule has 1 N–H and O–H groups in total. The fourth-order valence-electron chi connectivity index (χ4n) is 2.27. The maximum atomic E-state index is 12.9. The molecule has 5 nitrogen and oxygen atoms in total. The van der Waals surface area contributed by atoms with Crippen molar-refractivity contribution in [2.45, 2.75) is 6.42 Å². The zero-order chi connectivity index (χ0) is 14.9. The second-order valence-electron chi connectivity index (χ2n) is 4.89. The summed E-state index contributed by atoms with van der Waals surface area (Å²) in [6.07, 6.45) is 0.420. The van der Waals surface area contributed by atoms with E-state index in [9.17, 15) is 4.39 Å². The summed E-state index contributed by atoms with van der Waals surface area (Å²) in [6.45, 7) is 0. The number of hydrogen-bond donors (Lipinski definition) is 1. The summed E-state index contributed by atoms with van der Waals surface area (Å²) in [5.41, 5.74) is 2.55. The number of halogens is 1. The van der Waals surface area contributed by atoms with Crippen LogP contribution in [0.15, 0.2) is 52.9 Å². The molecule has 0 amide bonds. The first-order valence-electron chi connectivity index (χ1n) is 6.80. The molecule has 0 aliphatic rings. The van der Waals surface area contributed by atoms with Crippen LogP contribution in [0.5, 0.6) is 0 Å². The van der Waals surface area contributed by atoms with Crippen LogP contribution in [0, 0.1) is 5.82 Å². The average molecular weight is 294 g/mol. The van der Waals surface area contributed by atoms with E-state index in [0.717, 1.165) is 16.9 Å². The Hall–Kier alpha value is -3.02. The van der Waals surface area contributed by atoms with Gasteiger partial charge in [-0.3, -0.25) is 0 Å². The lowest BCUT2D eigenvalue weighted by Gasteiger charge is -1.93. The maximum Gasteiger partial charge on any atom is 0.247 e. The summed E-state index contributed by atoms with van der Waals surface area (Å²) in [6, 6.07) is 13.7. The lowest BCUT2D eigenvalue weighted by molar-refractivity contribution is 0.514. The van der Waals surface area contributed by atoms with E-state index in [1.54, 1.807) is 12.1 Å². The Balaban J connectivity index is 1.60. The fourth-order valence-corrected chi connectivity index (χ4v) is 2.27. The van der Waals surface area contributed by atoms with Crippen molar-refractivity contribution in [2.24, 2.45) is 0 Å². The van der Waals surface area contributed by atoms with E-state index in [0.29, 0.717) is 23.8 Å². The molecule has 0 radical (unpaired) electrons. The second-order valence-corrected chi connectivity index (χ2v) is 4.89.